The van der Waals surface area contributed by atoms with Crippen molar-refractivity contribution in [1.29, 1.82) is 0 Å². The molecule has 0 N–H and O–H groups in total. The predicted molar refractivity (Wildman–Crippen MR) is 71.6 cm³/mol. The Bertz CT molecular complexity index is 282. The van der Waals surface area contributed by atoms with Crippen LogP contribution < -0.4 is 0 Å². The highest BCUT2D eigenvalue weighted by atomic mass is 16.6. The molecular weight excluding hydrogens is 228 g/mol. The van der Waals surface area contributed by atoms with Crippen molar-refractivity contribution in [1.82, 2.24) is 9.80 Å². The highest BCUT2D eigenvalue weighted by Crippen LogP contribution is 2.27. The van der Waals surface area contributed by atoms with Gasteiger partial charge in [0.25, 0.3) is 0 Å². The van der Waals surface area contributed by atoms with E-state index in [1.165, 1.54) is 12.8 Å². The Balaban J connectivity index is 1.69. The third-order valence-corrected chi connectivity index (χ3v) is 3.74. The minimum absolute atomic E-state index is 0.0268. The van der Waals surface area contributed by atoms with E-state index in [0.29, 0.717) is 5.92 Å². The van der Waals surface area contributed by atoms with Gasteiger partial charge in [-0.2, -0.15) is 0 Å². The van der Waals surface area contributed by atoms with Crippen molar-refractivity contribution in [3.05, 3.63) is 0 Å². The number of nitrogens with zero attached hydrogens (tertiary/aromatic N) is 2. The Morgan fingerprint density at radius 1 is 1.17 bits per heavy atom. The van der Waals surface area contributed by atoms with Crippen LogP contribution >= 0.6 is 0 Å². The average Bonchev–Trinajstić information content (AvgIpc) is 3.11. The van der Waals surface area contributed by atoms with Crippen molar-refractivity contribution in [3.8, 4) is 0 Å². The summed E-state index contributed by atoms with van der Waals surface area (Å²) in [6.07, 6.45) is 3.53. The number of amides is 1. The van der Waals surface area contributed by atoms with E-state index in [2.05, 4.69) is 18.7 Å². The molecule has 1 saturated carbocycles. The third kappa shape index (κ3) is 3.87. The predicted octanol–water partition coefficient (Wildman–Crippen LogP) is 2.34. The molecule has 1 amide bonds. The lowest BCUT2D eigenvalue weighted by Crippen LogP contribution is -2.49. The van der Waals surface area contributed by atoms with Gasteiger partial charge in [-0.05, 0) is 32.1 Å². The fourth-order valence-corrected chi connectivity index (χ4v) is 2.67. The van der Waals surface area contributed by atoms with Crippen LogP contribution in [0.5, 0.6) is 0 Å². The van der Waals surface area contributed by atoms with Crippen molar-refractivity contribution in [2.24, 2.45) is 5.92 Å². The molecule has 1 aliphatic carbocycles. The highest BCUT2D eigenvalue weighted by Gasteiger charge is 2.32. The fourth-order valence-electron chi connectivity index (χ4n) is 2.67. The van der Waals surface area contributed by atoms with Gasteiger partial charge in [0.1, 0.15) is 6.10 Å². The minimum Gasteiger partial charge on any atom is -0.446 e. The largest absolute Gasteiger partial charge is 0.446 e. The molecule has 2 aliphatic rings. The molecule has 2 rings (SSSR count). The molecule has 2 fully saturated rings. The third-order valence-electron chi connectivity index (χ3n) is 3.74. The van der Waals surface area contributed by atoms with Crippen LogP contribution in [0, 0.1) is 5.92 Å². The van der Waals surface area contributed by atoms with Gasteiger partial charge in [-0.25, -0.2) is 4.79 Å². The lowest BCUT2D eigenvalue weighted by atomic mass is 10.1. The molecule has 1 atom stereocenters. The van der Waals surface area contributed by atoms with Crippen molar-refractivity contribution >= 4 is 6.09 Å². The summed E-state index contributed by atoms with van der Waals surface area (Å²) < 4.78 is 5.48. The zero-order chi connectivity index (χ0) is 13.1. The number of carbonyl (C=O) groups is 1. The summed E-state index contributed by atoms with van der Waals surface area (Å²) in [6, 6.07) is 0.808. The molecule has 1 aliphatic heterocycles. The maximum absolute atomic E-state index is 12.0. The summed E-state index contributed by atoms with van der Waals surface area (Å²) in [4.78, 5) is 16.3. The van der Waals surface area contributed by atoms with E-state index >= 15 is 0 Å². The van der Waals surface area contributed by atoms with Crippen LogP contribution in [0.3, 0.4) is 0 Å². The van der Waals surface area contributed by atoms with Crippen LogP contribution in [0.4, 0.5) is 4.79 Å². The van der Waals surface area contributed by atoms with Crippen LogP contribution in [0.25, 0.3) is 0 Å². The van der Waals surface area contributed by atoms with Gasteiger partial charge in [0.2, 0.25) is 0 Å². The van der Waals surface area contributed by atoms with E-state index in [1.54, 1.807) is 0 Å². The van der Waals surface area contributed by atoms with E-state index < -0.39 is 0 Å². The first-order chi connectivity index (χ1) is 8.56. The van der Waals surface area contributed by atoms with E-state index in [0.717, 1.165) is 38.6 Å². The highest BCUT2D eigenvalue weighted by molar-refractivity contribution is 5.67. The summed E-state index contributed by atoms with van der Waals surface area (Å²) in [5.41, 5.74) is 0. The summed E-state index contributed by atoms with van der Waals surface area (Å²) in [7, 11) is 0. The normalized spacial score (nSPS) is 23.2. The summed E-state index contributed by atoms with van der Waals surface area (Å²) >= 11 is 0. The molecule has 0 bridgehead atoms. The Morgan fingerprint density at radius 2 is 1.78 bits per heavy atom. The molecule has 0 aromatic carbocycles. The monoisotopic (exact) mass is 254 g/mol. The first-order valence-electron chi connectivity index (χ1n) is 7.26. The molecule has 1 heterocycles. The molecule has 0 aromatic rings. The Morgan fingerprint density at radius 3 is 2.28 bits per heavy atom. The van der Waals surface area contributed by atoms with Crippen LogP contribution in [0.1, 0.15) is 40.0 Å². The lowest BCUT2D eigenvalue weighted by Gasteiger charge is -2.34. The number of piperazine rings is 1. The maximum Gasteiger partial charge on any atom is 0.410 e. The van der Waals surface area contributed by atoms with Crippen molar-refractivity contribution in [2.75, 3.05) is 26.2 Å². The standard InChI is InChI=1S/C14H26N2O2/c1-11(2)10-12(3)18-14(17)16-8-6-15(7-9-16)13-4-5-13/h11-13H,4-10H2,1-3H3/t12-/m1/s1. The van der Waals surface area contributed by atoms with E-state index in [-0.39, 0.29) is 12.2 Å². The Labute approximate surface area is 110 Å². The second-order valence-electron chi connectivity index (χ2n) is 6.08. The molecule has 0 aromatic heterocycles. The summed E-state index contributed by atoms with van der Waals surface area (Å²) in [5, 5.41) is 0. The zero-order valence-corrected chi connectivity index (χ0v) is 11.9. The van der Waals surface area contributed by atoms with E-state index in [9.17, 15) is 4.79 Å². The molecule has 1 saturated heterocycles. The van der Waals surface area contributed by atoms with Gasteiger partial charge in [0.15, 0.2) is 0 Å². The second-order valence-corrected chi connectivity index (χ2v) is 6.08. The molecule has 0 unspecified atom stereocenters. The molecule has 104 valence electrons. The smallest absolute Gasteiger partial charge is 0.410 e. The first-order valence-corrected chi connectivity index (χ1v) is 7.26. The summed E-state index contributed by atoms with van der Waals surface area (Å²) in [6.45, 7) is 9.96. The number of carbonyl (C=O) groups excluding carboxylic acids is 1. The molecule has 4 nitrogen and oxygen atoms in total. The van der Waals surface area contributed by atoms with E-state index in [4.69, 9.17) is 4.74 Å². The second kappa shape index (κ2) is 5.91. The van der Waals surface area contributed by atoms with Crippen molar-refractivity contribution < 1.29 is 9.53 Å². The topological polar surface area (TPSA) is 32.8 Å². The van der Waals surface area contributed by atoms with Gasteiger partial charge in [-0.3, -0.25) is 4.90 Å². The number of hydrogen-bond donors (Lipinski definition) is 0. The molecule has 0 radical (unpaired) electrons. The van der Waals surface area contributed by atoms with E-state index in [1.807, 2.05) is 11.8 Å². The lowest BCUT2D eigenvalue weighted by molar-refractivity contribution is 0.0443. The van der Waals surface area contributed by atoms with Crippen LogP contribution in [-0.4, -0.2) is 54.2 Å². The molecule has 0 spiro atoms. The van der Waals surface area contributed by atoms with Crippen LogP contribution in [-0.2, 0) is 4.74 Å². The molecule has 4 heteroatoms. The van der Waals surface area contributed by atoms with Crippen molar-refractivity contribution in [2.45, 2.75) is 52.2 Å². The zero-order valence-electron chi connectivity index (χ0n) is 11.9. The van der Waals surface area contributed by atoms with Crippen LogP contribution in [0.2, 0.25) is 0 Å². The minimum atomic E-state index is -0.126. The fraction of sp³-hybridized carbons (Fsp3) is 0.929. The van der Waals surface area contributed by atoms with Gasteiger partial charge in [0.05, 0.1) is 0 Å². The number of ether oxygens (including phenoxy) is 1. The van der Waals surface area contributed by atoms with Gasteiger partial charge < -0.3 is 9.64 Å². The van der Waals surface area contributed by atoms with Gasteiger partial charge in [-0.1, -0.05) is 13.8 Å². The molecular formula is C14H26N2O2. The van der Waals surface area contributed by atoms with Gasteiger partial charge >= 0.3 is 6.09 Å². The quantitative estimate of drug-likeness (QED) is 0.772. The van der Waals surface area contributed by atoms with Crippen LogP contribution in [0.15, 0.2) is 0 Å². The number of rotatable bonds is 4. The van der Waals surface area contributed by atoms with Gasteiger partial charge in [-0.15, -0.1) is 0 Å². The number of hydrogen-bond acceptors (Lipinski definition) is 3. The summed E-state index contributed by atoms with van der Waals surface area (Å²) in [5.74, 6) is 0.569. The first kappa shape index (κ1) is 13.7. The van der Waals surface area contributed by atoms with Crippen molar-refractivity contribution in [3.63, 3.8) is 0 Å². The maximum atomic E-state index is 12.0. The average molecular weight is 254 g/mol. The van der Waals surface area contributed by atoms with Gasteiger partial charge in [0, 0.05) is 32.2 Å². The molecule has 18 heavy (non-hydrogen) atoms. The Hall–Kier alpha value is -0.770. The Kier molecular flexibility index (Phi) is 4.49. The SMILES string of the molecule is CC(C)C[C@@H](C)OC(=O)N1CCN(C2CC2)CC1.